The molecule has 1 heterocycles. The Labute approximate surface area is 118 Å². The SMILES string of the molecule is Cn1ccc(OCc2c(N=C=O)cccc2OC(F)F)n1. The third-order valence-electron chi connectivity index (χ3n) is 2.54. The number of ether oxygens (including phenoxy) is 2. The van der Waals surface area contributed by atoms with Crippen molar-refractivity contribution in [2.45, 2.75) is 13.2 Å². The molecule has 6 nitrogen and oxygen atoms in total. The third-order valence-corrected chi connectivity index (χ3v) is 2.54. The molecule has 0 N–H and O–H groups in total. The molecular weight excluding hydrogens is 284 g/mol. The van der Waals surface area contributed by atoms with E-state index in [0.717, 1.165) is 0 Å². The van der Waals surface area contributed by atoms with Gasteiger partial charge in [-0.2, -0.15) is 13.8 Å². The second-order valence-corrected chi connectivity index (χ2v) is 3.95. The number of halogens is 2. The average molecular weight is 295 g/mol. The zero-order valence-electron chi connectivity index (χ0n) is 11.0. The fourth-order valence-electron chi connectivity index (χ4n) is 1.68. The largest absolute Gasteiger partial charge is 0.472 e. The van der Waals surface area contributed by atoms with Crippen LogP contribution in [0.2, 0.25) is 0 Å². The third kappa shape index (κ3) is 3.87. The van der Waals surface area contributed by atoms with Crippen LogP contribution in [0.15, 0.2) is 35.5 Å². The van der Waals surface area contributed by atoms with E-state index in [0.29, 0.717) is 5.88 Å². The van der Waals surface area contributed by atoms with E-state index in [1.54, 1.807) is 19.3 Å². The van der Waals surface area contributed by atoms with E-state index in [1.807, 2.05) is 0 Å². The summed E-state index contributed by atoms with van der Waals surface area (Å²) in [5, 5.41) is 3.99. The van der Waals surface area contributed by atoms with Crippen molar-refractivity contribution >= 4 is 11.8 Å². The number of aliphatic imine (C=N–C) groups is 1. The molecule has 110 valence electrons. The molecule has 0 amide bonds. The predicted molar refractivity (Wildman–Crippen MR) is 68.4 cm³/mol. The van der Waals surface area contributed by atoms with Gasteiger partial charge in [-0.3, -0.25) is 4.68 Å². The molecule has 0 saturated heterocycles. The Morgan fingerprint density at radius 3 is 2.86 bits per heavy atom. The topological polar surface area (TPSA) is 65.7 Å². The molecule has 0 aliphatic rings. The molecule has 0 bridgehead atoms. The van der Waals surface area contributed by atoms with Crippen molar-refractivity contribution in [3.05, 3.63) is 36.0 Å². The Morgan fingerprint density at radius 2 is 2.24 bits per heavy atom. The molecule has 0 saturated carbocycles. The molecule has 0 radical (unpaired) electrons. The Morgan fingerprint density at radius 1 is 1.43 bits per heavy atom. The molecule has 0 aliphatic heterocycles. The highest BCUT2D eigenvalue weighted by atomic mass is 19.3. The first-order valence-corrected chi connectivity index (χ1v) is 5.87. The smallest absolute Gasteiger partial charge is 0.387 e. The van der Waals surface area contributed by atoms with E-state index in [9.17, 15) is 13.6 Å². The van der Waals surface area contributed by atoms with E-state index < -0.39 is 6.61 Å². The highest BCUT2D eigenvalue weighted by molar-refractivity contribution is 5.58. The van der Waals surface area contributed by atoms with E-state index in [2.05, 4.69) is 14.8 Å². The molecule has 0 spiro atoms. The molecule has 0 unspecified atom stereocenters. The van der Waals surface area contributed by atoms with Crippen LogP contribution < -0.4 is 9.47 Å². The maximum Gasteiger partial charge on any atom is 0.387 e. The number of hydrogen-bond donors (Lipinski definition) is 0. The average Bonchev–Trinajstić information content (AvgIpc) is 2.83. The number of nitrogens with zero attached hydrogens (tertiary/aromatic N) is 3. The molecule has 0 atom stereocenters. The van der Waals surface area contributed by atoms with Crippen molar-refractivity contribution in [2.75, 3.05) is 0 Å². The first-order valence-electron chi connectivity index (χ1n) is 5.87. The summed E-state index contributed by atoms with van der Waals surface area (Å²) in [6.07, 6.45) is 3.03. The molecule has 2 aromatic rings. The summed E-state index contributed by atoms with van der Waals surface area (Å²) in [6, 6.07) is 5.87. The minimum Gasteiger partial charge on any atom is -0.472 e. The van der Waals surface area contributed by atoms with Gasteiger partial charge in [-0.15, -0.1) is 5.10 Å². The molecule has 8 heteroatoms. The van der Waals surface area contributed by atoms with Crippen LogP contribution in [-0.4, -0.2) is 22.5 Å². The number of hydrogen-bond acceptors (Lipinski definition) is 5. The Balaban J connectivity index is 2.27. The lowest BCUT2D eigenvalue weighted by atomic mass is 10.1. The molecular formula is C13H11F2N3O3. The molecule has 1 aromatic heterocycles. The number of alkyl halides is 2. The quantitative estimate of drug-likeness (QED) is 0.607. The van der Waals surface area contributed by atoms with Gasteiger partial charge in [-0.25, -0.2) is 4.79 Å². The second kappa shape index (κ2) is 6.62. The van der Waals surface area contributed by atoms with Crippen molar-refractivity contribution in [1.29, 1.82) is 0 Å². The number of rotatable bonds is 6. The number of isocyanates is 1. The van der Waals surface area contributed by atoms with Gasteiger partial charge in [0.25, 0.3) is 0 Å². The number of aromatic nitrogens is 2. The first kappa shape index (κ1) is 14.7. The summed E-state index contributed by atoms with van der Waals surface area (Å²) in [5.41, 5.74) is 0.367. The van der Waals surface area contributed by atoms with E-state index >= 15 is 0 Å². The highest BCUT2D eigenvalue weighted by Gasteiger charge is 2.14. The summed E-state index contributed by atoms with van der Waals surface area (Å²) >= 11 is 0. The lowest BCUT2D eigenvalue weighted by Crippen LogP contribution is -2.06. The van der Waals surface area contributed by atoms with Gasteiger partial charge in [0.15, 0.2) is 0 Å². The highest BCUT2D eigenvalue weighted by Crippen LogP contribution is 2.30. The van der Waals surface area contributed by atoms with Crippen LogP contribution >= 0.6 is 0 Å². The summed E-state index contributed by atoms with van der Waals surface area (Å²) < 4.78 is 36.1. The normalized spacial score (nSPS) is 10.3. The predicted octanol–water partition coefficient (Wildman–Crippen LogP) is 2.57. The van der Waals surface area contributed by atoms with Gasteiger partial charge in [-0.1, -0.05) is 6.07 Å². The van der Waals surface area contributed by atoms with Crippen molar-refractivity contribution in [3.63, 3.8) is 0 Å². The fourth-order valence-corrected chi connectivity index (χ4v) is 1.68. The van der Waals surface area contributed by atoms with Crippen LogP contribution in [0.5, 0.6) is 11.6 Å². The van der Waals surface area contributed by atoms with Crippen LogP contribution in [-0.2, 0) is 18.4 Å². The molecule has 2 rings (SSSR count). The van der Waals surface area contributed by atoms with Crippen molar-refractivity contribution < 1.29 is 23.0 Å². The van der Waals surface area contributed by atoms with Crippen molar-refractivity contribution in [1.82, 2.24) is 9.78 Å². The van der Waals surface area contributed by atoms with E-state index in [-0.39, 0.29) is 23.6 Å². The molecule has 0 aliphatic carbocycles. The van der Waals surface area contributed by atoms with Crippen LogP contribution in [0.4, 0.5) is 14.5 Å². The first-order chi connectivity index (χ1) is 10.1. The van der Waals surface area contributed by atoms with Gasteiger partial charge in [0.1, 0.15) is 12.4 Å². The number of aryl methyl sites for hydroxylation is 1. The summed E-state index contributed by atoms with van der Waals surface area (Å²) in [4.78, 5) is 13.9. The van der Waals surface area contributed by atoms with E-state index in [1.165, 1.54) is 29.0 Å². The molecule has 0 fully saturated rings. The Bertz CT molecular complexity index is 666. The van der Waals surface area contributed by atoms with Crippen LogP contribution in [0.3, 0.4) is 0 Å². The minimum atomic E-state index is -2.99. The Kier molecular flexibility index (Phi) is 4.63. The van der Waals surface area contributed by atoms with Gasteiger partial charge < -0.3 is 9.47 Å². The van der Waals surface area contributed by atoms with Crippen LogP contribution in [0.25, 0.3) is 0 Å². The zero-order chi connectivity index (χ0) is 15.2. The fraction of sp³-hybridized carbons (Fsp3) is 0.231. The summed E-state index contributed by atoms with van der Waals surface area (Å²) in [5.74, 6) is 0.197. The standard InChI is InChI=1S/C13H11F2N3O3/c1-18-6-5-12(17-18)20-7-9-10(16-8-19)3-2-4-11(9)21-13(14)15/h2-6,13H,7H2,1H3. The van der Waals surface area contributed by atoms with Gasteiger partial charge in [0.2, 0.25) is 12.0 Å². The maximum atomic E-state index is 12.4. The number of benzene rings is 1. The lowest BCUT2D eigenvalue weighted by molar-refractivity contribution is -0.0508. The minimum absolute atomic E-state index is 0.113. The lowest BCUT2D eigenvalue weighted by Gasteiger charge is -2.12. The van der Waals surface area contributed by atoms with Crippen LogP contribution in [0, 0.1) is 0 Å². The van der Waals surface area contributed by atoms with Crippen LogP contribution in [0.1, 0.15) is 5.56 Å². The van der Waals surface area contributed by atoms with Gasteiger partial charge in [0.05, 0.1) is 11.3 Å². The summed E-state index contributed by atoms with van der Waals surface area (Å²) in [6.45, 7) is -3.12. The zero-order valence-corrected chi connectivity index (χ0v) is 11.0. The van der Waals surface area contributed by atoms with Gasteiger partial charge in [0, 0.05) is 19.3 Å². The second-order valence-electron chi connectivity index (χ2n) is 3.95. The Hall–Kier alpha value is -2.73. The van der Waals surface area contributed by atoms with Crippen molar-refractivity contribution in [2.24, 2.45) is 12.0 Å². The van der Waals surface area contributed by atoms with Crippen molar-refractivity contribution in [3.8, 4) is 11.6 Å². The molecule has 21 heavy (non-hydrogen) atoms. The monoisotopic (exact) mass is 295 g/mol. The van der Waals surface area contributed by atoms with E-state index in [4.69, 9.17) is 4.74 Å². The molecule has 1 aromatic carbocycles. The number of carbonyl (C=O) groups excluding carboxylic acids is 1. The maximum absolute atomic E-state index is 12.4. The summed E-state index contributed by atoms with van der Waals surface area (Å²) in [7, 11) is 1.71. The van der Waals surface area contributed by atoms with Gasteiger partial charge >= 0.3 is 6.61 Å². The van der Waals surface area contributed by atoms with Gasteiger partial charge in [-0.05, 0) is 12.1 Å².